The summed E-state index contributed by atoms with van der Waals surface area (Å²) in [6, 6.07) is 58.7. The molecular weight excluding hydrogens is 709 g/mol. The molecule has 0 amide bonds. The molecule has 0 bridgehead atoms. The third kappa shape index (κ3) is 4.96. The number of rotatable bonds is 5. The molecule has 0 aliphatic heterocycles. The van der Waals surface area contributed by atoms with Crippen LogP contribution in [0.25, 0.3) is 99.4 Å². The third-order valence-corrected chi connectivity index (χ3v) is 12.0. The molecule has 0 N–H and O–H groups in total. The van der Waals surface area contributed by atoms with Crippen LogP contribution in [0.15, 0.2) is 193 Å². The first kappa shape index (κ1) is 32.7. The van der Waals surface area contributed by atoms with Gasteiger partial charge in [-0.1, -0.05) is 122 Å². The molecule has 4 aromatic heterocycles. The Labute approximate surface area is 334 Å². The summed E-state index contributed by atoms with van der Waals surface area (Å²) in [7, 11) is 0. The predicted octanol–water partition coefficient (Wildman–Crippen LogP) is 13.7. The van der Waals surface area contributed by atoms with E-state index in [1.165, 1.54) is 38.1 Å². The van der Waals surface area contributed by atoms with Crippen LogP contribution in [-0.2, 0) is 0 Å². The number of allylic oxidation sites excluding steroid dienone is 4. The highest BCUT2D eigenvalue weighted by Gasteiger charge is 2.25. The largest absolute Gasteiger partial charge is 0.452 e. The average molecular weight is 745 g/mol. The normalized spacial score (nSPS) is 15.5. The number of furan rings is 1. The Hall–Kier alpha value is -7.50. The van der Waals surface area contributed by atoms with Crippen molar-refractivity contribution in [2.24, 2.45) is 5.92 Å². The minimum atomic E-state index is 0.0711. The Morgan fingerprint density at radius 2 is 1.09 bits per heavy atom. The summed E-state index contributed by atoms with van der Waals surface area (Å²) in [5, 5.41) is 5.90. The summed E-state index contributed by atoms with van der Waals surface area (Å²) in [6.07, 6.45) is 8.64. The van der Waals surface area contributed by atoms with Crippen molar-refractivity contribution in [1.29, 1.82) is 0 Å². The topological polar surface area (TPSA) is 48.8 Å². The molecule has 0 radical (unpaired) electrons. The van der Waals surface area contributed by atoms with Crippen molar-refractivity contribution in [2.45, 2.75) is 12.8 Å². The lowest BCUT2D eigenvalue weighted by molar-refractivity contribution is 0.602. The summed E-state index contributed by atoms with van der Waals surface area (Å²) in [5.41, 5.74) is 13.4. The zero-order valence-corrected chi connectivity index (χ0v) is 31.7. The van der Waals surface area contributed by atoms with Gasteiger partial charge in [0.15, 0.2) is 5.58 Å². The maximum absolute atomic E-state index is 6.54. The predicted molar refractivity (Wildman–Crippen MR) is 239 cm³/mol. The van der Waals surface area contributed by atoms with Crippen molar-refractivity contribution in [3.05, 3.63) is 194 Å². The lowest BCUT2D eigenvalue weighted by Gasteiger charge is -2.19. The van der Waals surface area contributed by atoms with Gasteiger partial charge in [0.1, 0.15) is 22.6 Å². The summed E-state index contributed by atoms with van der Waals surface area (Å²) < 4.78 is 11.3. The highest BCUT2D eigenvalue weighted by molar-refractivity contribution is 6.13. The van der Waals surface area contributed by atoms with Crippen molar-refractivity contribution in [3.8, 4) is 33.8 Å². The van der Waals surface area contributed by atoms with Crippen LogP contribution in [0.5, 0.6) is 0 Å². The van der Waals surface area contributed by atoms with Crippen LogP contribution in [0.1, 0.15) is 18.7 Å². The van der Waals surface area contributed by atoms with E-state index in [9.17, 15) is 0 Å². The highest BCUT2D eigenvalue weighted by Crippen LogP contribution is 2.41. The summed E-state index contributed by atoms with van der Waals surface area (Å²) in [6.45, 7) is 2.23. The van der Waals surface area contributed by atoms with E-state index in [-0.39, 0.29) is 11.8 Å². The minimum absolute atomic E-state index is 0.0711. The second-order valence-electron chi connectivity index (χ2n) is 15.4. The second kappa shape index (κ2) is 12.8. The number of nitrogens with zero attached hydrogens (tertiary/aromatic N) is 4. The molecule has 4 heterocycles. The van der Waals surface area contributed by atoms with E-state index >= 15 is 0 Å². The number of hydrogen-bond donors (Lipinski definition) is 0. The molecule has 58 heavy (non-hydrogen) atoms. The summed E-state index contributed by atoms with van der Waals surface area (Å²) in [5.74, 6) is 1.16. The molecule has 274 valence electrons. The van der Waals surface area contributed by atoms with E-state index in [2.05, 4.69) is 186 Å². The van der Waals surface area contributed by atoms with Crippen LogP contribution >= 0.6 is 0 Å². The van der Waals surface area contributed by atoms with Gasteiger partial charge in [0.25, 0.3) is 0 Å². The van der Waals surface area contributed by atoms with Crippen molar-refractivity contribution in [2.75, 3.05) is 0 Å². The molecule has 0 spiro atoms. The smallest absolute Gasteiger partial charge is 0.180 e. The van der Waals surface area contributed by atoms with Gasteiger partial charge in [-0.25, -0.2) is 9.97 Å². The minimum Gasteiger partial charge on any atom is -0.452 e. The molecule has 2 unspecified atom stereocenters. The van der Waals surface area contributed by atoms with Gasteiger partial charge in [-0.3, -0.25) is 0 Å². The lowest BCUT2D eigenvalue weighted by atomic mass is 9.89. The van der Waals surface area contributed by atoms with E-state index < -0.39 is 0 Å². The van der Waals surface area contributed by atoms with Gasteiger partial charge in [-0.05, 0) is 89.8 Å². The maximum atomic E-state index is 6.54. The Balaban J connectivity index is 1.06. The summed E-state index contributed by atoms with van der Waals surface area (Å²) >= 11 is 0. The van der Waals surface area contributed by atoms with Crippen molar-refractivity contribution >= 4 is 65.7 Å². The molecule has 0 saturated heterocycles. The monoisotopic (exact) mass is 744 g/mol. The molecule has 5 nitrogen and oxygen atoms in total. The zero-order valence-electron chi connectivity index (χ0n) is 31.7. The first-order valence-corrected chi connectivity index (χ1v) is 20.0. The first-order chi connectivity index (χ1) is 28.7. The number of fused-ring (bicyclic) bond motifs is 9. The molecule has 7 aromatic carbocycles. The van der Waals surface area contributed by atoms with Gasteiger partial charge in [0.05, 0.1) is 22.1 Å². The average Bonchev–Trinajstić information content (AvgIpc) is 3.94. The molecule has 2 atom stereocenters. The Bertz CT molecular complexity index is 3440. The van der Waals surface area contributed by atoms with Crippen molar-refractivity contribution in [3.63, 3.8) is 0 Å². The SMILES string of the molecule is CC1C=CC=CC1c1nc(-c2cccc(-c3ccc4c(c3)c3cc(-n5c6ccccc6c6ccccc65)ccc3n4-c3ccccc3)c2)c2oc3ccccc3c2n1. The number of hydrogen-bond acceptors (Lipinski definition) is 3. The van der Waals surface area contributed by atoms with E-state index in [1.807, 2.05) is 18.2 Å². The van der Waals surface area contributed by atoms with Gasteiger partial charge in [-0.15, -0.1) is 0 Å². The molecule has 1 aliphatic rings. The fourth-order valence-electron chi connectivity index (χ4n) is 9.22. The molecule has 5 heteroatoms. The molecule has 1 aliphatic carbocycles. The van der Waals surface area contributed by atoms with Crippen LogP contribution < -0.4 is 0 Å². The number of benzene rings is 7. The van der Waals surface area contributed by atoms with Crippen LogP contribution in [0.2, 0.25) is 0 Å². The molecule has 0 saturated carbocycles. The molecule has 11 aromatic rings. The standard InChI is InChI=1S/C53H36N4O/c1-33-14-5-6-19-39(33)53-54-50(52-51(55-53)42-22-9-12-25-49(42)58-52)36-16-13-15-34(30-36)35-26-28-47-43(31-35)44-32-38(27-29-48(44)56(47)37-17-3-2-4-18-37)57-45-23-10-7-20-40(45)41-21-8-11-24-46(41)57/h2-33,39H,1H3. The maximum Gasteiger partial charge on any atom is 0.180 e. The van der Waals surface area contributed by atoms with Gasteiger partial charge < -0.3 is 13.6 Å². The summed E-state index contributed by atoms with van der Waals surface area (Å²) in [4.78, 5) is 10.4. The fourth-order valence-corrected chi connectivity index (χ4v) is 9.22. The third-order valence-electron chi connectivity index (χ3n) is 12.0. The fraction of sp³-hybridized carbons (Fsp3) is 0.0566. The second-order valence-corrected chi connectivity index (χ2v) is 15.4. The van der Waals surface area contributed by atoms with Crippen LogP contribution in [-0.4, -0.2) is 19.1 Å². The van der Waals surface area contributed by atoms with Gasteiger partial charge in [0.2, 0.25) is 0 Å². The Morgan fingerprint density at radius 1 is 0.466 bits per heavy atom. The van der Waals surface area contributed by atoms with Gasteiger partial charge >= 0.3 is 0 Å². The van der Waals surface area contributed by atoms with E-state index in [4.69, 9.17) is 14.4 Å². The molecule has 0 fully saturated rings. The van der Waals surface area contributed by atoms with Gasteiger partial charge in [-0.2, -0.15) is 0 Å². The number of para-hydroxylation sites is 4. The van der Waals surface area contributed by atoms with Crippen molar-refractivity contribution < 1.29 is 4.42 Å². The molecular formula is C53H36N4O. The van der Waals surface area contributed by atoms with E-state index in [1.54, 1.807) is 0 Å². The van der Waals surface area contributed by atoms with Crippen molar-refractivity contribution in [1.82, 2.24) is 19.1 Å². The highest BCUT2D eigenvalue weighted by atomic mass is 16.3. The first-order valence-electron chi connectivity index (χ1n) is 20.0. The van der Waals surface area contributed by atoms with Crippen LogP contribution in [0, 0.1) is 5.92 Å². The van der Waals surface area contributed by atoms with E-state index in [0.29, 0.717) is 5.58 Å². The molecule has 12 rings (SSSR count). The number of aromatic nitrogens is 4. The zero-order chi connectivity index (χ0) is 38.3. The van der Waals surface area contributed by atoms with E-state index in [0.717, 1.165) is 61.6 Å². The van der Waals surface area contributed by atoms with Crippen LogP contribution in [0.3, 0.4) is 0 Å². The lowest BCUT2D eigenvalue weighted by Crippen LogP contribution is -2.12. The quantitative estimate of drug-likeness (QED) is 0.176. The van der Waals surface area contributed by atoms with Crippen LogP contribution in [0.4, 0.5) is 0 Å². The van der Waals surface area contributed by atoms with Gasteiger partial charge in [0, 0.05) is 49.8 Å². The Kier molecular flexibility index (Phi) is 7.20. The Morgan fingerprint density at radius 3 is 1.88 bits per heavy atom.